The van der Waals surface area contributed by atoms with Crippen LogP contribution in [0.2, 0.25) is 0 Å². The highest BCUT2D eigenvalue weighted by Crippen LogP contribution is 2.12. The molecule has 2 nitrogen and oxygen atoms in total. The molecule has 0 bridgehead atoms. The van der Waals surface area contributed by atoms with Crippen LogP contribution in [0.15, 0.2) is 6.20 Å². The molecule has 1 heterocycles. The molecule has 0 aliphatic carbocycles. The third kappa shape index (κ3) is 1.81. The van der Waals surface area contributed by atoms with Gasteiger partial charge in [-0.1, -0.05) is 13.8 Å². The van der Waals surface area contributed by atoms with Gasteiger partial charge in [-0.2, -0.15) is 5.10 Å². The molecule has 12 heavy (non-hydrogen) atoms. The van der Waals surface area contributed by atoms with Crippen LogP contribution in [0.25, 0.3) is 0 Å². The van der Waals surface area contributed by atoms with Crippen molar-refractivity contribution in [3.8, 4) is 0 Å². The Kier molecular flexibility index (Phi) is 3.60. The van der Waals surface area contributed by atoms with Gasteiger partial charge in [0.05, 0.1) is 12.1 Å². The Morgan fingerprint density at radius 2 is 2.25 bits per heavy atom. The maximum absolute atomic E-state index is 5.77. The van der Waals surface area contributed by atoms with Gasteiger partial charge in [-0.05, 0) is 12.8 Å². The lowest BCUT2D eigenvalue weighted by Gasteiger charge is -2.04. The monoisotopic (exact) mass is 186 g/mol. The van der Waals surface area contributed by atoms with E-state index in [9.17, 15) is 0 Å². The Hall–Kier alpha value is -0.500. The van der Waals surface area contributed by atoms with Crippen molar-refractivity contribution in [3.05, 3.63) is 17.5 Å². The molecule has 0 N–H and O–H groups in total. The maximum atomic E-state index is 5.77. The fourth-order valence-electron chi connectivity index (χ4n) is 1.38. The molecule has 1 aromatic heterocycles. The standard InChI is InChI=1S/C9H15ClN2/c1-3-5-12-9(4-2)8(6-10)7-11-12/h7H,3-6H2,1-2H3. The van der Waals surface area contributed by atoms with Gasteiger partial charge in [0.15, 0.2) is 0 Å². The van der Waals surface area contributed by atoms with Crippen molar-refractivity contribution in [2.24, 2.45) is 0 Å². The third-order valence-corrected chi connectivity index (χ3v) is 2.24. The summed E-state index contributed by atoms with van der Waals surface area (Å²) in [6.45, 7) is 5.29. The molecule has 0 saturated carbocycles. The number of alkyl halides is 1. The van der Waals surface area contributed by atoms with Gasteiger partial charge in [0, 0.05) is 17.8 Å². The summed E-state index contributed by atoms with van der Waals surface area (Å²) in [5, 5.41) is 4.28. The largest absolute Gasteiger partial charge is 0.269 e. The normalized spacial score (nSPS) is 10.6. The fourth-order valence-corrected chi connectivity index (χ4v) is 1.60. The quantitative estimate of drug-likeness (QED) is 0.661. The minimum absolute atomic E-state index is 0.576. The Labute approximate surface area is 78.5 Å². The summed E-state index contributed by atoms with van der Waals surface area (Å²) in [6.07, 6.45) is 4.01. The van der Waals surface area contributed by atoms with Crippen LogP contribution in [0.5, 0.6) is 0 Å². The van der Waals surface area contributed by atoms with Crippen molar-refractivity contribution >= 4 is 11.6 Å². The molecule has 1 aromatic rings. The second-order valence-electron chi connectivity index (χ2n) is 2.83. The van der Waals surface area contributed by atoms with Crippen molar-refractivity contribution in [2.75, 3.05) is 0 Å². The summed E-state index contributed by atoms with van der Waals surface area (Å²) in [5.41, 5.74) is 2.46. The van der Waals surface area contributed by atoms with Crippen LogP contribution in [0.1, 0.15) is 31.5 Å². The third-order valence-electron chi connectivity index (χ3n) is 1.95. The molecule has 3 heteroatoms. The number of halogens is 1. The lowest BCUT2D eigenvalue weighted by Crippen LogP contribution is -2.04. The first-order valence-corrected chi connectivity index (χ1v) is 4.96. The second-order valence-corrected chi connectivity index (χ2v) is 3.09. The molecular formula is C9H15ClN2. The number of hydrogen-bond acceptors (Lipinski definition) is 1. The smallest absolute Gasteiger partial charge is 0.0536 e. The van der Waals surface area contributed by atoms with Crippen LogP contribution in [0.3, 0.4) is 0 Å². The Morgan fingerprint density at radius 1 is 1.50 bits per heavy atom. The van der Waals surface area contributed by atoms with E-state index in [0.29, 0.717) is 5.88 Å². The molecule has 0 saturated heterocycles. The van der Waals surface area contributed by atoms with E-state index >= 15 is 0 Å². The van der Waals surface area contributed by atoms with E-state index in [0.717, 1.165) is 19.4 Å². The first-order valence-electron chi connectivity index (χ1n) is 4.43. The average Bonchev–Trinajstić information content (AvgIpc) is 2.47. The molecule has 0 spiro atoms. The van der Waals surface area contributed by atoms with Crippen LogP contribution in [-0.2, 0) is 18.8 Å². The van der Waals surface area contributed by atoms with Crippen molar-refractivity contribution in [3.63, 3.8) is 0 Å². The molecule has 0 atom stereocenters. The number of rotatable bonds is 4. The van der Waals surface area contributed by atoms with Crippen LogP contribution in [0, 0.1) is 0 Å². The highest BCUT2D eigenvalue weighted by atomic mass is 35.5. The zero-order valence-corrected chi connectivity index (χ0v) is 8.43. The van der Waals surface area contributed by atoms with Crippen LogP contribution in [0.4, 0.5) is 0 Å². The van der Waals surface area contributed by atoms with Gasteiger partial charge in [-0.3, -0.25) is 4.68 Å². The zero-order valence-electron chi connectivity index (χ0n) is 7.68. The minimum Gasteiger partial charge on any atom is -0.269 e. The second kappa shape index (κ2) is 4.51. The summed E-state index contributed by atoms with van der Waals surface area (Å²) in [5.74, 6) is 0.576. The average molecular weight is 187 g/mol. The summed E-state index contributed by atoms with van der Waals surface area (Å²) in [7, 11) is 0. The Bertz CT molecular complexity index is 243. The van der Waals surface area contributed by atoms with E-state index in [1.54, 1.807) is 0 Å². The molecule has 0 radical (unpaired) electrons. The molecule has 1 rings (SSSR count). The summed E-state index contributed by atoms with van der Waals surface area (Å²) < 4.78 is 2.05. The molecular weight excluding hydrogens is 172 g/mol. The molecule has 68 valence electrons. The van der Waals surface area contributed by atoms with Crippen LogP contribution >= 0.6 is 11.6 Å². The van der Waals surface area contributed by atoms with Gasteiger partial charge in [-0.15, -0.1) is 11.6 Å². The lowest BCUT2D eigenvalue weighted by molar-refractivity contribution is 0.576. The van der Waals surface area contributed by atoms with Crippen LogP contribution in [-0.4, -0.2) is 9.78 Å². The van der Waals surface area contributed by atoms with Gasteiger partial charge in [0.25, 0.3) is 0 Å². The minimum atomic E-state index is 0.576. The topological polar surface area (TPSA) is 17.8 Å². The molecule has 0 aliphatic heterocycles. The van der Waals surface area contributed by atoms with Gasteiger partial charge in [-0.25, -0.2) is 0 Å². The number of aromatic nitrogens is 2. The van der Waals surface area contributed by atoms with E-state index in [1.807, 2.05) is 6.20 Å². The van der Waals surface area contributed by atoms with Gasteiger partial charge in [0.2, 0.25) is 0 Å². The van der Waals surface area contributed by atoms with Crippen molar-refractivity contribution in [1.82, 2.24) is 9.78 Å². The van der Waals surface area contributed by atoms with Crippen LogP contribution < -0.4 is 0 Å². The zero-order chi connectivity index (χ0) is 8.97. The Balaban J connectivity index is 2.88. The molecule has 0 amide bonds. The van der Waals surface area contributed by atoms with E-state index < -0.39 is 0 Å². The van der Waals surface area contributed by atoms with E-state index in [4.69, 9.17) is 11.6 Å². The van der Waals surface area contributed by atoms with Crippen molar-refractivity contribution in [1.29, 1.82) is 0 Å². The van der Waals surface area contributed by atoms with Gasteiger partial charge in [0.1, 0.15) is 0 Å². The van der Waals surface area contributed by atoms with E-state index in [-0.39, 0.29) is 0 Å². The summed E-state index contributed by atoms with van der Waals surface area (Å²) in [6, 6.07) is 0. The predicted octanol–water partition coefficient (Wildman–Crippen LogP) is 2.59. The number of aryl methyl sites for hydroxylation is 1. The number of nitrogens with zero attached hydrogens (tertiary/aromatic N) is 2. The fraction of sp³-hybridized carbons (Fsp3) is 0.667. The molecule has 0 aromatic carbocycles. The maximum Gasteiger partial charge on any atom is 0.0536 e. The van der Waals surface area contributed by atoms with E-state index in [1.165, 1.54) is 11.3 Å². The first kappa shape index (κ1) is 9.59. The van der Waals surface area contributed by atoms with Crippen molar-refractivity contribution in [2.45, 2.75) is 39.1 Å². The van der Waals surface area contributed by atoms with Gasteiger partial charge < -0.3 is 0 Å². The Morgan fingerprint density at radius 3 is 2.75 bits per heavy atom. The van der Waals surface area contributed by atoms with E-state index in [2.05, 4.69) is 23.6 Å². The molecule has 0 fully saturated rings. The number of hydrogen-bond donors (Lipinski definition) is 0. The SMILES string of the molecule is CCCn1ncc(CCl)c1CC. The van der Waals surface area contributed by atoms with Gasteiger partial charge >= 0.3 is 0 Å². The highest BCUT2D eigenvalue weighted by molar-refractivity contribution is 6.17. The molecule has 0 unspecified atom stereocenters. The lowest BCUT2D eigenvalue weighted by atomic mass is 10.2. The highest BCUT2D eigenvalue weighted by Gasteiger charge is 2.06. The summed E-state index contributed by atoms with van der Waals surface area (Å²) in [4.78, 5) is 0. The molecule has 0 aliphatic rings. The predicted molar refractivity (Wildman–Crippen MR) is 51.5 cm³/mol. The van der Waals surface area contributed by atoms with Crippen molar-refractivity contribution < 1.29 is 0 Å². The first-order chi connectivity index (χ1) is 5.83. The summed E-state index contributed by atoms with van der Waals surface area (Å²) >= 11 is 5.77.